The highest BCUT2D eigenvalue weighted by atomic mass is 16.5. The number of benzene rings is 1. The summed E-state index contributed by atoms with van der Waals surface area (Å²) in [5.74, 6) is -0.105. The molecule has 0 saturated heterocycles. The standard InChI is InChI=1S/C18H26N2O2/c1-4-22-18(21)10-7-12-20-14-15(11-13-19(2)3)16-8-5-6-9-17(16)20/h5-6,8-9,14H,4,7,10-13H2,1-3H3. The molecule has 4 heteroatoms. The van der Waals surface area contributed by atoms with Gasteiger partial charge in [-0.05, 0) is 45.5 Å². The lowest BCUT2D eigenvalue weighted by Crippen LogP contribution is -2.14. The zero-order valence-corrected chi connectivity index (χ0v) is 13.8. The molecule has 2 rings (SSSR count). The first kappa shape index (κ1) is 16.6. The van der Waals surface area contributed by atoms with Crippen molar-refractivity contribution in [2.45, 2.75) is 32.7 Å². The largest absolute Gasteiger partial charge is 0.466 e. The number of carbonyl (C=O) groups excluding carboxylic acids is 1. The van der Waals surface area contributed by atoms with Crippen LogP contribution in [0.2, 0.25) is 0 Å². The van der Waals surface area contributed by atoms with Crippen molar-refractivity contribution in [2.24, 2.45) is 0 Å². The number of likely N-dealkylation sites (N-methyl/N-ethyl adjacent to an activating group) is 1. The van der Waals surface area contributed by atoms with Crippen molar-refractivity contribution in [2.75, 3.05) is 27.2 Å². The van der Waals surface area contributed by atoms with Crippen LogP contribution >= 0.6 is 0 Å². The van der Waals surface area contributed by atoms with E-state index in [1.807, 2.05) is 6.92 Å². The summed E-state index contributed by atoms with van der Waals surface area (Å²) in [7, 11) is 4.19. The maximum Gasteiger partial charge on any atom is 0.305 e. The van der Waals surface area contributed by atoms with Gasteiger partial charge >= 0.3 is 5.97 Å². The molecule has 0 bridgehead atoms. The predicted molar refractivity (Wildman–Crippen MR) is 90.1 cm³/mol. The zero-order valence-electron chi connectivity index (χ0n) is 13.8. The molecule has 0 radical (unpaired) electrons. The number of aryl methyl sites for hydroxylation is 1. The molecule has 0 aliphatic carbocycles. The predicted octanol–water partition coefficient (Wildman–Crippen LogP) is 3.09. The number of rotatable bonds is 8. The Hall–Kier alpha value is -1.81. The first-order chi connectivity index (χ1) is 10.6. The second-order valence-electron chi connectivity index (χ2n) is 5.83. The Bertz CT molecular complexity index is 617. The topological polar surface area (TPSA) is 34.5 Å². The third kappa shape index (κ3) is 4.34. The van der Waals surface area contributed by atoms with Crippen molar-refractivity contribution in [1.82, 2.24) is 9.47 Å². The Balaban J connectivity index is 2.07. The number of esters is 1. The summed E-state index contributed by atoms with van der Waals surface area (Å²) in [5, 5.41) is 1.32. The molecule has 0 saturated carbocycles. The van der Waals surface area contributed by atoms with E-state index >= 15 is 0 Å². The lowest BCUT2D eigenvalue weighted by molar-refractivity contribution is -0.143. The lowest BCUT2D eigenvalue weighted by atomic mass is 10.1. The van der Waals surface area contributed by atoms with Crippen molar-refractivity contribution in [3.63, 3.8) is 0 Å². The monoisotopic (exact) mass is 302 g/mol. The number of hydrogen-bond donors (Lipinski definition) is 0. The van der Waals surface area contributed by atoms with Crippen LogP contribution in [0, 0.1) is 0 Å². The van der Waals surface area contributed by atoms with Gasteiger partial charge in [0.1, 0.15) is 0 Å². The van der Waals surface area contributed by atoms with E-state index in [1.54, 1.807) is 0 Å². The summed E-state index contributed by atoms with van der Waals surface area (Å²) in [4.78, 5) is 13.6. The highest BCUT2D eigenvalue weighted by Crippen LogP contribution is 2.22. The fourth-order valence-corrected chi connectivity index (χ4v) is 2.68. The van der Waals surface area contributed by atoms with Crippen LogP contribution in [0.5, 0.6) is 0 Å². The van der Waals surface area contributed by atoms with Gasteiger partial charge in [0.15, 0.2) is 0 Å². The first-order valence-electron chi connectivity index (χ1n) is 7.99. The number of hydrogen-bond acceptors (Lipinski definition) is 3. The molecule has 4 nitrogen and oxygen atoms in total. The minimum absolute atomic E-state index is 0.105. The minimum atomic E-state index is -0.105. The summed E-state index contributed by atoms with van der Waals surface area (Å²) >= 11 is 0. The van der Waals surface area contributed by atoms with Gasteiger partial charge in [0, 0.05) is 36.6 Å². The summed E-state index contributed by atoms with van der Waals surface area (Å²) in [5.41, 5.74) is 2.63. The summed E-state index contributed by atoms with van der Waals surface area (Å²) < 4.78 is 7.25. The quantitative estimate of drug-likeness (QED) is 0.703. The van der Waals surface area contributed by atoms with Gasteiger partial charge in [-0.2, -0.15) is 0 Å². The van der Waals surface area contributed by atoms with Gasteiger partial charge in [0.2, 0.25) is 0 Å². The van der Waals surface area contributed by atoms with Crippen LogP contribution in [0.25, 0.3) is 10.9 Å². The molecule has 120 valence electrons. The number of carbonyl (C=O) groups is 1. The molecule has 1 aromatic heterocycles. The highest BCUT2D eigenvalue weighted by Gasteiger charge is 2.09. The average Bonchev–Trinajstić information content (AvgIpc) is 2.84. The fourth-order valence-electron chi connectivity index (χ4n) is 2.68. The van der Waals surface area contributed by atoms with Crippen molar-refractivity contribution in [1.29, 1.82) is 0 Å². The number of ether oxygens (including phenoxy) is 1. The zero-order chi connectivity index (χ0) is 15.9. The molecule has 0 atom stereocenters. The average molecular weight is 302 g/mol. The van der Waals surface area contributed by atoms with Crippen molar-refractivity contribution in [3.05, 3.63) is 36.0 Å². The molecule has 1 heterocycles. The highest BCUT2D eigenvalue weighted by molar-refractivity contribution is 5.84. The number of nitrogens with zero attached hydrogens (tertiary/aromatic N) is 2. The molecular formula is C18H26N2O2. The van der Waals surface area contributed by atoms with Crippen molar-refractivity contribution >= 4 is 16.9 Å². The molecule has 1 aromatic carbocycles. The maximum atomic E-state index is 11.4. The molecule has 0 amide bonds. The SMILES string of the molecule is CCOC(=O)CCCn1cc(CCN(C)C)c2ccccc21. The van der Waals surface area contributed by atoms with Gasteiger partial charge in [-0.15, -0.1) is 0 Å². The van der Waals surface area contributed by atoms with Crippen molar-refractivity contribution in [3.8, 4) is 0 Å². The summed E-state index contributed by atoms with van der Waals surface area (Å²) in [6.07, 6.45) is 4.57. The molecular weight excluding hydrogens is 276 g/mol. The van der Waals surface area contributed by atoms with E-state index in [2.05, 4.69) is 54.0 Å². The number of fused-ring (bicyclic) bond motifs is 1. The second kappa shape index (κ2) is 7.99. The Morgan fingerprint density at radius 2 is 2.05 bits per heavy atom. The van der Waals surface area contributed by atoms with Gasteiger partial charge in [-0.3, -0.25) is 4.79 Å². The van der Waals surface area contributed by atoms with Crippen LogP contribution in [0.3, 0.4) is 0 Å². The maximum absolute atomic E-state index is 11.4. The third-order valence-corrected chi connectivity index (χ3v) is 3.78. The molecule has 2 aromatic rings. The van der Waals surface area contributed by atoms with Crippen molar-refractivity contribution < 1.29 is 9.53 Å². The van der Waals surface area contributed by atoms with E-state index < -0.39 is 0 Å². The second-order valence-corrected chi connectivity index (χ2v) is 5.83. The lowest BCUT2D eigenvalue weighted by Gasteiger charge is -2.08. The van der Waals surface area contributed by atoms with E-state index in [1.165, 1.54) is 16.5 Å². The molecule has 0 N–H and O–H groups in total. The van der Waals surface area contributed by atoms with Gasteiger partial charge < -0.3 is 14.2 Å². The van der Waals surface area contributed by atoms with Crippen LogP contribution in [-0.2, 0) is 22.5 Å². The smallest absolute Gasteiger partial charge is 0.305 e. The Labute approximate surface area is 132 Å². The molecule has 22 heavy (non-hydrogen) atoms. The fraction of sp³-hybridized carbons (Fsp3) is 0.500. The molecule has 0 aliphatic rings. The van der Waals surface area contributed by atoms with Gasteiger partial charge in [-0.25, -0.2) is 0 Å². The Kier molecular flexibility index (Phi) is 6.01. The first-order valence-corrected chi connectivity index (χ1v) is 7.99. The van der Waals surface area contributed by atoms with E-state index in [-0.39, 0.29) is 5.97 Å². The van der Waals surface area contributed by atoms with Crippen LogP contribution in [0.1, 0.15) is 25.3 Å². The van der Waals surface area contributed by atoms with Crippen LogP contribution in [0.15, 0.2) is 30.5 Å². The van der Waals surface area contributed by atoms with Gasteiger partial charge in [0.05, 0.1) is 6.61 Å². The molecule has 0 aliphatic heterocycles. The van der Waals surface area contributed by atoms with Crippen LogP contribution in [0.4, 0.5) is 0 Å². The van der Waals surface area contributed by atoms with E-state index in [9.17, 15) is 4.79 Å². The van der Waals surface area contributed by atoms with Gasteiger partial charge in [0.25, 0.3) is 0 Å². The third-order valence-electron chi connectivity index (χ3n) is 3.78. The summed E-state index contributed by atoms with van der Waals surface area (Å²) in [6, 6.07) is 8.49. The Morgan fingerprint density at radius 1 is 1.27 bits per heavy atom. The normalized spacial score (nSPS) is 11.3. The summed E-state index contributed by atoms with van der Waals surface area (Å²) in [6.45, 7) is 4.19. The molecule has 0 spiro atoms. The van der Waals surface area contributed by atoms with E-state index in [0.29, 0.717) is 13.0 Å². The number of para-hydroxylation sites is 1. The van der Waals surface area contributed by atoms with Crippen LogP contribution < -0.4 is 0 Å². The minimum Gasteiger partial charge on any atom is -0.466 e. The number of aromatic nitrogens is 1. The Morgan fingerprint density at radius 3 is 2.77 bits per heavy atom. The van der Waals surface area contributed by atoms with E-state index in [4.69, 9.17) is 4.74 Å². The van der Waals surface area contributed by atoms with E-state index in [0.717, 1.165) is 25.9 Å². The molecule has 0 fully saturated rings. The molecule has 0 unspecified atom stereocenters. The van der Waals surface area contributed by atoms with Gasteiger partial charge in [-0.1, -0.05) is 18.2 Å². The van der Waals surface area contributed by atoms with Crippen LogP contribution in [-0.4, -0.2) is 42.7 Å².